The zero-order valence-electron chi connectivity index (χ0n) is 14.5. The quantitative estimate of drug-likeness (QED) is 0.670. The lowest BCUT2D eigenvalue weighted by Crippen LogP contribution is -2.48. The van der Waals surface area contributed by atoms with Crippen molar-refractivity contribution in [2.24, 2.45) is 0 Å². The fraction of sp³-hybridized carbons (Fsp3) is 0.286. The minimum Gasteiger partial charge on any atom is -0.365 e. The molecule has 0 bridgehead atoms. The van der Waals surface area contributed by atoms with Crippen molar-refractivity contribution >= 4 is 38.7 Å². The highest BCUT2D eigenvalue weighted by Gasteiger charge is 2.19. The Hall–Kier alpha value is -1.88. The lowest BCUT2D eigenvalue weighted by Gasteiger charge is -2.35. The molecule has 5 heteroatoms. The number of hydrogen-bond donors (Lipinski definition) is 0. The van der Waals surface area contributed by atoms with Crippen LogP contribution in [0.25, 0.3) is 10.1 Å². The molecule has 0 radical (unpaired) electrons. The molecule has 0 saturated carbocycles. The molecule has 3 nitrogen and oxygen atoms in total. The molecule has 0 amide bonds. The predicted molar refractivity (Wildman–Crippen MR) is 112 cm³/mol. The van der Waals surface area contributed by atoms with Gasteiger partial charge in [0.2, 0.25) is 5.43 Å². The summed E-state index contributed by atoms with van der Waals surface area (Å²) in [6, 6.07) is 16.2. The van der Waals surface area contributed by atoms with Crippen molar-refractivity contribution in [3.05, 3.63) is 74.7 Å². The molecule has 2 aromatic carbocycles. The van der Waals surface area contributed by atoms with Crippen LogP contribution in [0.1, 0.15) is 5.56 Å². The second-order valence-electron chi connectivity index (χ2n) is 6.65. The largest absolute Gasteiger partial charge is 0.365 e. The number of nitrogens with zero attached hydrogens (tertiary/aromatic N) is 2. The Morgan fingerprint density at radius 3 is 2.54 bits per heavy atom. The van der Waals surface area contributed by atoms with E-state index in [0.717, 1.165) is 54.9 Å². The van der Waals surface area contributed by atoms with E-state index in [0.29, 0.717) is 5.02 Å². The van der Waals surface area contributed by atoms with Crippen molar-refractivity contribution in [3.8, 4) is 0 Å². The van der Waals surface area contributed by atoms with E-state index in [4.69, 9.17) is 11.6 Å². The Labute approximate surface area is 162 Å². The van der Waals surface area contributed by atoms with Gasteiger partial charge in [0, 0.05) is 53.2 Å². The van der Waals surface area contributed by atoms with E-state index < -0.39 is 0 Å². The van der Waals surface area contributed by atoms with Gasteiger partial charge in [0.1, 0.15) is 0 Å². The van der Waals surface area contributed by atoms with Crippen molar-refractivity contribution in [1.82, 2.24) is 4.90 Å². The van der Waals surface area contributed by atoms with Crippen LogP contribution in [0.4, 0.5) is 5.69 Å². The van der Waals surface area contributed by atoms with E-state index >= 15 is 0 Å². The minimum atomic E-state index is 0.0963. The average molecular weight is 385 g/mol. The van der Waals surface area contributed by atoms with E-state index in [-0.39, 0.29) is 5.43 Å². The van der Waals surface area contributed by atoms with Crippen molar-refractivity contribution in [3.63, 3.8) is 0 Å². The molecule has 0 spiro atoms. The molecule has 134 valence electrons. The number of piperazine rings is 1. The summed E-state index contributed by atoms with van der Waals surface area (Å²) in [6.45, 7) is 4.83. The van der Waals surface area contributed by atoms with Crippen LogP contribution in [-0.2, 0) is 6.42 Å². The van der Waals surface area contributed by atoms with Crippen molar-refractivity contribution in [2.75, 3.05) is 37.6 Å². The summed E-state index contributed by atoms with van der Waals surface area (Å²) in [5.41, 5.74) is 2.29. The summed E-state index contributed by atoms with van der Waals surface area (Å²) < 4.78 is 0.990. The Bertz CT molecular complexity index is 949. The second kappa shape index (κ2) is 7.78. The van der Waals surface area contributed by atoms with Gasteiger partial charge in [0.05, 0.1) is 5.69 Å². The summed E-state index contributed by atoms with van der Waals surface area (Å²) in [5.74, 6) is 0. The van der Waals surface area contributed by atoms with Crippen LogP contribution < -0.4 is 10.3 Å². The van der Waals surface area contributed by atoms with Crippen molar-refractivity contribution in [2.45, 2.75) is 6.42 Å². The summed E-state index contributed by atoms with van der Waals surface area (Å²) >= 11 is 7.69. The third kappa shape index (κ3) is 3.78. The zero-order valence-corrected chi connectivity index (χ0v) is 16.1. The summed E-state index contributed by atoms with van der Waals surface area (Å²) in [5, 5.41) is 3.34. The molecular formula is C21H21ClN2OS. The Kier molecular flexibility index (Phi) is 5.25. The van der Waals surface area contributed by atoms with Crippen LogP contribution in [0.2, 0.25) is 5.02 Å². The number of benzene rings is 2. The Morgan fingerprint density at radius 2 is 1.77 bits per heavy atom. The molecule has 1 aliphatic heterocycles. The SMILES string of the molecule is O=c1c(N2CCN(CCc3ccccc3)CC2)csc2ccc(Cl)cc12. The highest BCUT2D eigenvalue weighted by Crippen LogP contribution is 2.24. The van der Waals surface area contributed by atoms with Crippen molar-refractivity contribution < 1.29 is 0 Å². The first-order valence-electron chi connectivity index (χ1n) is 8.93. The fourth-order valence-electron chi connectivity index (χ4n) is 3.46. The highest BCUT2D eigenvalue weighted by molar-refractivity contribution is 7.16. The van der Waals surface area contributed by atoms with Gasteiger partial charge >= 0.3 is 0 Å². The molecule has 0 aliphatic carbocycles. The van der Waals surface area contributed by atoms with Crippen LogP contribution in [0.3, 0.4) is 0 Å². The van der Waals surface area contributed by atoms with Gasteiger partial charge < -0.3 is 4.90 Å². The minimum absolute atomic E-state index is 0.0963. The Balaban J connectivity index is 1.42. The molecule has 0 N–H and O–H groups in total. The number of hydrogen-bond acceptors (Lipinski definition) is 4. The smallest absolute Gasteiger partial charge is 0.211 e. The monoisotopic (exact) mass is 384 g/mol. The first-order valence-corrected chi connectivity index (χ1v) is 10.2. The Morgan fingerprint density at radius 1 is 1.00 bits per heavy atom. The number of anilines is 1. The maximum Gasteiger partial charge on any atom is 0.211 e. The molecule has 3 aromatic rings. The van der Waals surface area contributed by atoms with Crippen LogP contribution in [0.15, 0.2) is 58.7 Å². The van der Waals surface area contributed by atoms with E-state index in [1.54, 1.807) is 17.4 Å². The lowest BCUT2D eigenvalue weighted by atomic mass is 10.1. The maximum absolute atomic E-state index is 12.9. The number of rotatable bonds is 4. The molecule has 0 atom stereocenters. The average Bonchev–Trinajstić information content (AvgIpc) is 2.68. The first-order chi connectivity index (χ1) is 12.7. The van der Waals surface area contributed by atoms with Gasteiger partial charge in [-0.05, 0) is 30.2 Å². The van der Waals surface area contributed by atoms with Gasteiger partial charge in [-0.1, -0.05) is 41.9 Å². The molecule has 0 unspecified atom stereocenters. The van der Waals surface area contributed by atoms with Crippen LogP contribution >= 0.6 is 22.9 Å². The molecular weight excluding hydrogens is 364 g/mol. The highest BCUT2D eigenvalue weighted by atomic mass is 35.5. The van der Waals surface area contributed by atoms with E-state index in [9.17, 15) is 4.79 Å². The predicted octanol–water partition coefficient (Wildman–Crippen LogP) is 4.28. The van der Waals surface area contributed by atoms with Gasteiger partial charge in [-0.3, -0.25) is 9.69 Å². The van der Waals surface area contributed by atoms with Gasteiger partial charge in [-0.25, -0.2) is 0 Å². The molecule has 4 rings (SSSR count). The summed E-state index contributed by atoms with van der Waals surface area (Å²) in [7, 11) is 0. The molecule has 2 heterocycles. The van der Waals surface area contributed by atoms with Crippen molar-refractivity contribution in [1.29, 1.82) is 0 Å². The van der Waals surface area contributed by atoms with E-state index in [2.05, 4.69) is 40.1 Å². The molecule has 1 aromatic heterocycles. The first kappa shape index (κ1) is 17.5. The number of fused-ring (bicyclic) bond motifs is 1. The number of halogens is 1. The molecule has 1 aliphatic rings. The second-order valence-corrected chi connectivity index (χ2v) is 8.00. The zero-order chi connectivity index (χ0) is 17.9. The summed E-state index contributed by atoms with van der Waals surface area (Å²) in [4.78, 5) is 17.6. The molecule has 1 fully saturated rings. The third-order valence-corrected chi connectivity index (χ3v) is 6.18. The molecule has 26 heavy (non-hydrogen) atoms. The summed E-state index contributed by atoms with van der Waals surface area (Å²) in [6.07, 6.45) is 1.07. The molecule has 1 saturated heterocycles. The normalized spacial score (nSPS) is 15.5. The van der Waals surface area contributed by atoms with E-state index in [1.165, 1.54) is 5.56 Å². The van der Waals surface area contributed by atoms with Crippen LogP contribution in [0.5, 0.6) is 0 Å². The fourth-order valence-corrected chi connectivity index (χ4v) is 4.55. The van der Waals surface area contributed by atoms with E-state index in [1.807, 2.05) is 17.5 Å². The van der Waals surface area contributed by atoms with Gasteiger partial charge in [0.15, 0.2) is 0 Å². The topological polar surface area (TPSA) is 23.6 Å². The maximum atomic E-state index is 12.9. The van der Waals surface area contributed by atoms with Crippen LogP contribution in [0, 0.1) is 0 Å². The lowest BCUT2D eigenvalue weighted by molar-refractivity contribution is 0.261. The third-order valence-electron chi connectivity index (χ3n) is 4.99. The van der Waals surface area contributed by atoms with Gasteiger partial charge in [-0.15, -0.1) is 11.3 Å². The van der Waals surface area contributed by atoms with Gasteiger partial charge in [-0.2, -0.15) is 0 Å². The van der Waals surface area contributed by atoms with Gasteiger partial charge in [0.25, 0.3) is 0 Å². The van der Waals surface area contributed by atoms with Crippen LogP contribution in [-0.4, -0.2) is 37.6 Å². The standard InChI is InChI=1S/C21H21ClN2OS/c22-17-6-7-20-18(14-17)21(25)19(15-26-20)24-12-10-23(11-13-24)9-8-16-4-2-1-3-5-16/h1-7,14-15H,8-13H2.